The molecule has 1 aromatic rings. The van der Waals surface area contributed by atoms with Crippen molar-refractivity contribution in [1.29, 1.82) is 0 Å². The number of hydrogen-bond donors (Lipinski definition) is 1. The fourth-order valence-electron chi connectivity index (χ4n) is 1.87. The maximum absolute atomic E-state index is 12.6. The number of nitrogens with one attached hydrogen (secondary N) is 1. The van der Waals surface area contributed by atoms with Gasteiger partial charge < -0.3 is 14.6 Å². The number of methoxy groups -OCH3 is 1. The highest BCUT2D eigenvalue weighted by molar-refractivity contribution is 7.89. The van der Waals surface area contributed by atoms with Gasteiger partial charge in [0.1, 0.15) is 4.90 Å². The van der Waals surface area contributed by atoms with Crippen molar-refractivity contribution < 1.29 is 13.2 Å². The Bertz CT molecular complexity index is 537. The van der Waals surface area contributed by atoms with Crippen LogP contribution in [0, 0.1) is 0 Å². The summed E-state index contributed by atoms with van der Waals surface area (Å²) in [7, 11) is 1.68. The largest absolute Gasteiger partial charge is 0.383 e. The van der Waals surface area contributed by atoms with Gasteiger partial charge in [0.05, 0.1) is 6.61 Å². The van der Waals surface area contributed by atoms with Crippen molar-refractivity contribution in [3.05, 3.63) is 30.6 Å². The van der Waals surface area contributed by atoms with Crippen LogP contribution in [0.1, 0.15) is 5.69 Å². The fraction of sp³-hybridized carbons (Fsp3) is 0.538. The third kappa shape index (κ3) is 3.92. The monoisotopic (exact) mass is 301 g/mol. The zero-order valence-corrected chi connectivity index (χ0v) is 13.1. The smallest absolute Gasteiger partial charge is 0.244 e. The molecule has 0 aliphatic carbocycles. The van der Waals surface area contributed by atoms with Crippen LogP contribution in [0.2, 0.25) is 0 Å². The standard InChI is InChI=1S/C13H23N3O3S/c1-5-6-16(7-8-19-4)20(17,18)13-9-12(10-14-2)15(3)11-13/h5,9,11,14H,1,6-8,10H2,2-4H3. The molecule has 1 aromatic heterocycles. The van der Waals surface area contributed by atoms with E-state index in [4.69, 9.17) is 4.74 Å². The molecule has 1 rings (SSSR count). The SMILES string of the molecule is C=CCN(CCOC)S(=O)(=O)c1cc(CNC)n(C)c1. The first kappa shape index (κ1) is 16.9. The van der Waals surface area contributed by atoms with Gasteiger partial charge >= 0.3 is 0 Å². The maximum Gasteiger partial charge on any atom is 0.244 e. The van der Waals surface area contributed by atoms with Crippen molar-refractivity contribution in [2.24, 2.45) is 7.05 Å². The van der Waals surface area contributed by atoms with Crippen LogP contribution in [0.15, 0.2) is 29.8 Å². The van der Waals surface area contributed by atoms with Crippen molar-refractivity contribution in [3.63, 3.8) is 0 Å². The van der Waals surface area contributed by atoms with E-state index in [1.54, 1.807) is 25.4 Å². The Morgan fingerprint density at radius 1 is 1.55 bits per heavy atom. The molecule has 0 spiro atoms. The molecular weight excluding hydrogens is 278 g/mol. The van der Waals surface area contributed by atoms with Crippen molar-refractivity contribution in [1.82, 2.24) is 14.2 Å². The van der Waals surface area contributed by atoms with Gasteiger partial charge in [-0.15, -0.1) is 6.58 Å². The first-order valence-electron chi connectivity index (χ1n) is 6.37. The summed E-state index contributed by atoms with van der Waals surface area (Å²) in [5, 5.41) is 3.01. The molecule has 0 amide bonds. The van der Waals surface area contributed by atoms with Crippen LogP contribution >= 0.6 is 0 Å². The highest BCUT2D eigenvalue weighted by atomic mass is 32.2. The van der Waals surface area contributed by atoms with Crippen LogP contribution in [0.3, 0.4) is 0 Å². The second-order valence-corrected chi connectivity index (χ2v) is 6.39. The molecule has 0 aromatic carbocycles. The Balaban J connectivity index is 3.05. The summed E-state index contributed by atoms with van der Waals surface area (Å²) in [6, 6.07) is 1.69. The predicted molar refractivity (Wildman–Crippen MR) is 79.0 cm³/mol. The summed E-state index contributed by atoms with van der Waals surface area (Å²) >= 11 is 0. The normalized spacial score (nSPS) is 12.0. The third-order valence-electron chi connectivity index (χ3n) is 2.96. The van der Waals surface area contributed by atoms with Crippen LogP contribution in [0.25, 0.3) is 0 Å². The van der Waals surface area contributed by atoms with Crippen molar-refractivity contribution >= 4 is 10.0 Å². The molecule has 7 heteroatoms. The molecule has 114 valence electrons. The number of sulfonamides is 1. The van der Waals surface area contributed by atoms with E-state index in [0.29, 0.717) is 24.6 Å². The minimum absolute atomic E-state index is 0.266. The number of rotatable bonds is 9. The van der Waals surface area contributed by atoms with Gasteiger partial charge in [0.2, 0.25) is 10.0 Å². The summed E-state index contributed by atoms with van der Waals surface area (Å²) in [5.41, 5.74) is 0.913. The minimum Gasteiger partial charge on any atom is -0.383 e. The van der Waals surface area contributed by atoms with Gasteiger partial charge in [0.25, 0.3) is 0 Å². The lowest BCUT2D eigenvalue weighted by Crippen LogP contribution is -2.33. The molecule has 20 heavy (non-hydrogen) atoms. The molecule has 0 aliphatic heterocycles. The molecule has 0 atom stereocenters. The van der Waals surface area contributed by atoms with E-state index in [1.807, 2.05) is 18.7 Å². The van der Waals surface area contributed by atoms with Crippen LogP contribution in [0.4, 0.5) is 0 Å². The number of ether oxygens (including phenoxy) is 1. The highest BCUT2D eigenvalue weighted by Gasteiger charge is 2.25. The Morgan fingerprint density at radius 3 is 2.80 bits per heavy atom. The Kier molecular flexibility index (Phi) is 6.41. The first-order chi connectivity index (χ1) is 9.47. The lowest BCUT2D eigenvalue weighted by molar-refractivity contribution is 0.182. The van der Waals surface area contributed by atoms with Crippen molar-refractivity contribution in [2.75, 3.05) is 33.9 Å². The minimum atomic E-state index is -3.52. The van der Waals surface area contributed by atoms with Crippen LogP contribution in [0.5, 0.6) is 0 Å². The molecule has 0 bridgehead atoms. The summed E-state index contributed by atoms with van der Waals surface area (Å²) in [6.45, 7) is 5.15. The summed E-state index contributed by atoms with van der Waals surface area (Å²) < 4.78 is 33.3. The number of aromatic nitrogens is 1. The van der Waals surface area contributed by atoms with Crippen LogP contribution < -0.4 is 5.32 Å². The first-order valence-corrected chi connectivity index (χ1v) is 7.81. The van der Waals surface area contributed by atoms with Gasteiger partial charge in [0.15, 0.2) is 0 Å². The molecule has 0 aliphatic rings. The zero-order chi connectivity index (χ0) is 15.2. The highest BCUT2D eigenvalue weighted by Crippen LogP contribution is 2.18. The van der Waals surface area contributed by atoms with Gasteiger partial charge in [-0.05, 0) is 13.1 Å². The van der Waals surface area contributed by atoms with Gasteiger partial charge in [-0.25, -0.2) is 8.42 Å². The number of nitrogens with zero attached hydrogens (tertiary/aromatic N) is 2. The fourth-order valence-corrected chi connectivity index (χ4v) is 3.36. The average molecular weight is 301 g/mol. The second-order valence-electron chi connectivity index (χ2n) is 4.45. The topological polar surface area (TPSA) is 63.6 Å². The molecule has 0 radical (unpaired) electrons. The van der Waals surface area contributed by atoms with E-state index in [0.717, 1.165) is 5.69 Å². The molecule has 1 heterocycles. The number of aryl methyl sites for hydroxylation is 1. The average Bonchev–Trinajstić information content (AvgIpc) is 2.77. The Hall–Kier alpha value is -1.15. The molecule has 6 nitrogen and oxygen atoms in total. The molecule has 1 N–H and O–H groups in total. The summed E-state index contributed by atoms with van der Waals surface area (Å²) in [6.07, 6.45) is 3.20. The maximum atomic E-state index is 12.6. The Morgan fingerprint density at radius 2 is 2.25 bits per heavy atom. The van der Waals surface area contributed by atoms with Gasteiger partial charge in [0, 0.05) is 45.7 Å². The van der Waals surface area contributed by atoms with Crippen molar-refractivity contribution in [3.8, 4) is 0 Å². The molecule has 0 saturated carbocycles. The van der Waals surface area contributed by atoms with Gasteiger partial charge in [-0.1, -0.05) is 6.08 Å². The second kappa shape index (κ2) is 7.58. The molecule has 0 fully saturated rings. The quantitative estimate of drug-likeness (QED) is 0.677. The lowest BCUT2D eigenvalue weighted by Gasteiger charge is -2.19. The van der Waals surface area contributed by atoms with E-state index in [2.05, 4.69) is 11.9 Å². The van der Waals surface area contributed by atoms with Gasteiger partial charge in [-0.3, -0.25) is 0 Å². The molecule has 0 saturated heterocycles. The third-order valence-corrected chi connectivity index (χ3v) is 4.79. The van der Waals surface area contributed by atoms with E-state index >= 15 is 0 Å². The van der Waals surface area contributed by atoms with Crippen LogP contribution in [-0.2, 0) is 28.4 Å². The number of hydrogen-bond acceptors (Lipinski definition) is 4. The van der Waals surface area contributed by atoms with Crippen LogP contribution in [-0.4, -0.2) is 51.1 Å². The molecule has 0 unspecified atom stereocenters. The Labute approximate surface area is 121 Å². The zero-order valence-electron chi connectivity index (χ0n) is 12.3. The summed E-state index contributed by atoms with van der Waals surface area (Å²) in [4.78, 5) is 0.295. The van der Waals surface area contributed by atoms with E-state index in [1.165, 1.54) is 4.31 Å². The van der Waals surface area contributed by atoms with E-state index < -0.39 is 10.0 Å². The predicted octanol–water partition coefficient (Wildman–Crippen LogP) is 0.568. The van der Waals surface area contributed by atoms with Crippen molar-refractivity contribution in [2.45, 2.75) is 11.4 Å². The van der Waals surface area contributed by atoms with E-state index in [-0.39, 0.29) is 6.54 Å². The van der Waals surface area contributed by atoms with Gasteiger partial charge in [-0.2, -0.15) is 4.31 Å². The van der Waals surface area contributed by atoms with E-state index in [9.17, 15) is 8.42 Å². The summed E-state index contributed by atoms with van der Waals surface area (Å²) in [5.74, 6) is 0. The molecular formula is C13H23N3O3S. The lowest BCUT2D eigenvalue weighted by atomic mass is 10.4.